The van der Waals surface area contributed by atoms with Crippen LogP contribution < -0.4 is 5.32 Å². The highest BCUT2D eigenvalue weighted by atomic mass is 32.2. The highest BCUT2D eigenvalue weighted by molar-refractivity contribution is 8.14. The SMILES string of the molecule is CN(C)C(C)(C)CNC1=NCC(c2ccccc2)S1. The van der Waals surface area contributed by atoms with E-state index in [0.29, 0.717) is 5.25 Å². The molecule has 1 aliphatic rings. The summed E-state index contributed by atoms with van der Waals surface area (Å²) in [5.41, 5.74) is 1.49. The Labute approximate surface area is 120 Å². The van der Waals surface area contributed by atoms with Crippen molar-refractivity contribution in [1.29, 1.82) is 0 Å². The molecule has 0 fully saturated rings. The Hall–Kier alpha value is -1.00. The first kappa shape index (κ1) is 14.4. The van der Waals surface area contributed by atoms with Crippen LogP contribution in [0.5, 0.6) is 0 Å². The van der Waals surface area contributed by atoms with E-state index in [1.807, 2.05) is 11.8 Å². The second-order valence-corrected chi connectivity index (χ2v) is 6.91. The van der Waals surface area contributed by atoms with Gasteiger partial charge in [-0.2, -0.15) is 0 Å². The number of nitrogens with zero attached hydrogens (tertiary/aromatic N) is 2. The summed E-state index contributed by atoms with van der Waals surface area (Å²) in [5, 5.41) is 5.01. The largest absolute Gasteiger partial charge is 0.363 e. The molecule has 0 saturated carbocycles. The van der Waals surface area contributed by atoms with Crippen LogP contribution in [0.15, 0.2) is 35.3 Å². The first-order chi connectivity index (χ1) is 8.99. The molecule has 0 radical (unpaired) electrons. The normalized spacial score (nSPS) is 19.6. The molecular formula is C15H23N3S. The number of nitrogens with one attached hydrogen (secondary N) is 1. The maximum atomic E-state index is 4.61. The van der Waals surface area contributed by atoms with Gasteiger partial charge in [-0.3, -0.25) is 4.99 Å². The van der Waals surface area contributed by atoms with Crippen LogP contribution in [0.4, 0.5) is 0 Å². The van der Waals surface area contributed by atoms with E-state index < -0.39 is 0 Å². The van der Waals surface area contributed by atoms with Crippen LogP contribution in [0, 0.1) is 0 Å². The van der Waals surface area contributed by atoms with E-state index >= 15 is 0 Å². The molecule has 0 bridgehead atoms. The average molecular weight is 277 g/mol. The third-order valence-corrected chi connectivity index (χ3v) is 4.91. The lowest BCUT2D eigenvalue weighted by Gasteiger charge is -2.32. The molecule has 1 atom stereocenters. The van der Waals surface area contributed by atoms with Crippen LogP contribution in [0.25, 0.3) is 0 Å². The fourth-order valence-corrected chi connectivity index (χ4v) is 2.78. The molecule has 1 aromatic rings. The number of aliphatic imine (C=N–C) groups is 1. The molecule has 1 N–H and O–H groups in total. The minimum absolute atomic E-state index is 0.133. The van der Waals surface area contributed by atoms with E-state index in [1.54, 1.807) is 0 Å². The first-order valence-corrected chi connectivity index (χ1v) is 7.54. The summed E-state index contributed by atoms with van der Waals surface area (Å²) in [5.74, 6) is 0. The van der Waals surface area contributed by atoms with Gasteiger partial charge in [-0.15, -0.1) is 0 Å². The zero-order chi connectivity index (χ0) is 13.9. The predicted octanol–water partition coefficient (Wildman–Crippen LogP) is 2.76. The zero-order valence-corrected chi connectivity index (χ0v) is 13.0. The van der Waals surface area contributed by atoms with Crippen LogP contribution in [0.1, 0.15) is 24.7 Å². The quantitative estimate of drug-likeness (QED) is 0.917. The maximum Gasteiger partial charge on any atom is 0.157 e. The van der Waals surface area contributed by atoms with Gasteiger partial charge in [0.2, 0.25) is 0 Å². The van der Waals surface area contributed by atoms with E-state index in [1.165, 1.54) is 5.56 Å². The summed E-state index contributed by atoms with van der Waals surface area (Å²) in [6, 6.07) is 10.6. The standard InChI is InChI=1S/C15H23N3S/c1-15(2,18(3)4)11-17-14-16-10-13(19-14)12-8-6-5-7-9-12/h5-9,13H,10-11H2,1-4H3,(H,16,17). The molecule has 0 saturated heterocycles. The molecule has 0 spiro atoms. The van der Waals surface area contributed by atoms with Gasteiger partial charge < -0.3 is 10.2 Å². The number of amidine groups is 1. The van der Waals surface area contributed by atoms with Crippen LogP contribution >= 0.6 is 11.8 Å². The lowest BCUT2D eigenvalue weighted by atomic mass is 10.1. The molecule has 19 heavy (non-hydrogen) atoms. The Balaban J connectivity index is 1.86. The summed E-state index contributed by atoms with van der Waals surface area (Å²) in [6.45, 7) is 6.25. The minimum Gasteiger partial charge on any atom is -0.363 e. The molecule has 4 heteroatoms. The summed E-state index contributed by atoms with van der Waals surface area (Å²) in [7, 11) is 4.22. The number of hydrogen-bond acceptors (Lipinski definition) is 4. The van der Waals surface area contributed by atoms with Gasteiger partial charge in [-0.1, -0.05) is 42.1 Å². The second-order valence-electron chi connectivity index (χ2n) is 5.72. The van der Waals surface area contributed by atoms with E-state index in [-0.39, 0.29) is 5.54 Å². The zero-order valence-electron chi connectivity index (χ0n) is 12.2. The Morgan fingerprint density at radius 3 is 2.63 bits per heavy atom. The van der Waals surface area contributed by atoms with E-state index in [9.17, 15) is 0 Å². The van der Waals surface area contributed by atoms with Crippen LogP contribution in [-0.4, -0.2) is 42.8 Å². The number of thioether (sulfide) groups is 1. The van der Waals surface area contributed by atoms with Gasteiger partial charge in [0, 0.05) is 12.1 Å². The van der Waals surface area contributed by atoms with Crippen LogP contribution in [-0.2, 0) is 0 Å². The van der Waals surface area contributed by atoms with Gasteiger partial charge >= 0.3 is 0 Å². The van der Waals surface area contributed by atoms with Gasteiger partial charge in [-0.05, 0) is 33.5 Å². The number of benzene rings is 1. The fourth-order valence-electron chi connectivity index (χ4n) is 1.76. The number of rotatable bonds is 4. The predicted molar refractivity (Wildman–Crippen MR) is 84.8 cm³/mol. The lowest BCUT2D eigenvalue weighted by molar-refractivity contribution is 0.198. The molecule has 2 rings (SSSR count). The molecule has 1 aromatic carbocycles. The molecular weight excluding hydrogens is 254 g/mol. The van der Waals surface area contributed by atoms with Crippen molar-refractivity contribution < 1.29 is 0 Å². The molecule has 1 unspecified atom stereocenters. The third-order valence-electron chi connectivity index (χ3n) is 3.71. The highest BCUT2D eigenvalue weighted by Gasteiger charge is 2.24. The monoisotopic (exact) mass is 277 g/mol. The molecule has 1 heterocycles. The Morgan fingerprint density at radius 1 is 1.32 bits per heavy atom. The third kappa shape index (κ3) is 3.74. The van der Waals surface area contributed by atoms with E-state index in [2.05, 4.69) is 73.5 Å². The van der Waals surface area contributed by atoms with Crippen molar-refractivity contribution in [2.45, 2.75) is 24.6 Å². The van der Waals surface area contributed by atoms with Gasteiger partial charge in [0.25, 0.3) is 0 Å². The molecule has 1 aliphatic heterocycles. The van der Waals surface area contributed by atoms with Crippen molar-refractivity contribution in [3.63, 3.8) is 0 Å². The van der Waals surface area contributed by atoms with Crippen molar-refractivity contribution in [1.82, 2.24) is 10.2 Å². The van der Waals surface area contributed by atoms with Gasteiger partial charge in [0.15, 0.2) is 5.17 Å². The Morgan fingerprint density at radius 2 is 2.00 bits per heavy atom. The smallest absolute Gasteiger partial charge is 0.157 e. The van der Waals surface area contributed by atoms with Gasteiger partial charge in [0.1, 0.15) is 0 Å². The van der Waals surface area contributed by atoms with E-state index in [4.69, 9.17) is 0 Å². The summed E-state index contributed by atoms with van der Waals surface area (Å²) >= 11 is 1.84. The highest BCUT2D eigenvalue weighted by Crippen LogP contribution is 2.34. The van der Waals surface area contributed by atoms with Crippen molar-refractivity contribution in [2.24, 2.45) is 4.99 Å². The fraction of sp³-hybridized carbons (Fsp3) is 0.533. The Kier molecular flexibility index (Phi) is 4.53. The summed E-state index contributed by atoms with van der Waals surface area (Å²) < 4.78 is 0. The van der Waals surface area contributed by atoms with Crippen molar-refractivity contribution in [3.8, 4) is 0 Å². The second kappa shape index (κ2) is 5.97. The van der Waals surface area contributed by atoms with E-state index in [0.717, 1.165) is 18.3 Å². The lowest BCUT2D eigenvalue weighted by Crippen LogP contribution is -2.47. The molecule has 0 amide bonds. The van der Waals surface area contributed by atoms with Crippen molar-refractivity contribution >= 4 is 16.9 Å². The van der Waals surface area contributed by atoms with Crippen LogP contribution in [0.2, 0.25) is 0 Å². The topological polar surface area (TPSA) is 27.6 Å². The van der Waals surface area contributed by atoms with Gasteiger partial charge in [-0.25, -0.2) is 0 Å². The number of hydrogen-bond donors (Lipinski definition) is 1. The Bertz CT molecular complexity index is 440. The maximum absolute atomic E-state index is 4.61. The summed E-state index contributed by atoms with van der Waals surface area (Å²) in [4.78, 5) is 6.84. The van der Waals surface area contributed by atoms with Crippen molar-refractivity contribution in [3.05, 3.63) is 35.9 Å². The summed E-state index contributed by atoms with van der Waals surface area (Å²) in [6.07, 6.45) is 0. The molecule has 104 valence electrons. The first-order valence-electron chi connectivity index (χ1n) is 6.66. The molecule has 3 nitrogen and oxygen atoms in total. The molecule has 0 aromatic heterocycles. The minimum atomic E-state index is 0.133. The molecule has 0 aliphatic carbocycles. The average Bonchev–Trinajstić information content (AvgIpc) is 2.86. The van der Waals surface area contributed by atoms with Crippen LogP contribution in [0.3, 0.4) is 0 Å². The van der Waals surface area contributed by atoms with Crippen molar-refractivity contribution in [2.75, 3.05) is 27.2 Å². The van der Waals surface area contributed by atoms with Gasteiger partial charge in [0.05, 0.1) is 11.8 Å². The number of likely N-dealkylation sites (N-methyl/N-ethyl adjacent to an activating group) is 1.